The number of hydrogen-bond donors (Lipinski definition) is 3. The zero-order valence-electron chi connectivity index (χ0n) is 27.9. The molecule has 2 amide bonds. The van der Waals surface area contributed by atoms with Gasteiger partial charge in [-0.3, -0.25) is 4.79 Å². The topological polar surface area (TPSA) is 99.1 Å². The van der Waals surface area contributed by atoms with E-state index in [1.807, 2.05) is 13.8 Å². The van der Waals surface area contributed by atoms with Crippen molar-refractivity contribution in [2.45, 2.75) is 96.8 Å². The molecule has 6 aliphatic rings. The number of benzene rings is 1. The molecule has 0 aliphatic heterocycles. The number of hydrogen-bond acceptors (Lipinski definition) is 5. The number of nitrogens with one attached hydrogen (secondary N) is 1. The summed E-state index contributed by atoms with van der Waals surface area (Å²) in [5.74, 6) is -2.46. The van der Waals surface area contributed by atoms with Crippen LogP contribution in [0.4, 0.5) is 13.6 Å². The SMILES string of the molecule is COCCCN(CC1(O)CCC2C34C=CC5(C=C3C(=O)c3ccc(F)c(F)c3)CC(O)CCC5(C)C4CCC21C)C(=O)NC(C)C. The largest absolute Gasteiger partial charge is 0.393 e. The van der Waals surface area contributed by atoms with Crippen molar-refractivity contribution >= 4 is 11.8 Å². The van der Waals surface area contributed by atoms with E-state index in [9.17, 15) is 28.6 Å². The van der Waals surface area contributed by atoms with Gasteiger partial charge >= 0.3 is 6.03 Å². The molecule has 46 heavy (non-hydrogen) atoms. The molecule has 2 bridgehead atoms. The number of ketones is 1. The molecule has 7 rings (SSSR count). The molecule has 3 fully saturated rings. The van der Waals surface area contributed by atoms with Gasteiger partial charge in [-0.15, -0.1) is 0 Å². The molecule has 9 heteroatoms. The Bertz CT molecular complexity index is 1460. The second-order valence-corrected chi connectivity index (χ2v) is 15.6. The number of carbonyl (C=O) groups is 2. The summed E-state index contributed by atoms with van der Waals surface area (Å²) in [6.07, 6.45) is 11.2. The van der Waals surface area contributed by atoms with Crippen LogP contribution >= 0.6 is 0 Å². The van der Waals surface area contributed by atoms with E-state index in [4.69, 9.17) is 4.74 Å². The van der Waals surface area contributed by atoms with Crippen molar-refractivity contribution in [3.05, 3.63) is 59.2 Å². The summed E-state index contributed by atoms with van der Waals surface area (Å²) < 4.78 is 33.7. The van der Waals surface area contributed by atoms with Gasteiger partial charge in [-0.1, -0.05) is 32.1 Å². The summed E-state index contributed by atoms with van der Waals surface area (Å²) in [6, 6.07) is 3.06. The highest BCUT2D eigenvalue weighted by Crippen LogP contribution is 2.78. The molecule has 1 aromatic carbocycles. The number of allylic oxidation sites excluding steroid dienone is 4. The van der Waals surface area contributed by atoms with E-state index in [0.717, 1.165) is 31.4 Å². The summed E-state index contributed by atoms with van der Waals surface area (Å²) in [5.41, 5.74) is -2.66. The standard InChI is InChI=1S/C37H50F2N2O5/c1-23(2)40-32(44)41(17-6-18-46-5)22-36(45)14-11-30-34(36,4)13-10-29-33(3)12-9-25(42)20-35(33)15-16-37(29,30)26(21-35)31(43)24-7-8-27(38)28(39)19-24/h7-8,15-16,19,21,23,25,29-30,42,45H,6,9-14,17-18,20,22H2,1-5H3,(H,40,44). The maximum atomic E-state index is 14.5. The van der Waals surface area contributed by atoms with Crippen LogP contribution in [0.3, 0.4) is 0 Å². The van der Waals surface area contributed by atoms with Gasteiger partial charge in [0, 0.05) is 53.7 Å². The first-order chi connectivity index (χ1) is 21.7. The van der Waals surface area contributed by atoms with Crippen molar-refractivity contribution in [2.75, 3.05) is 26.8 Å². The van der Waals surface area contributed by atoms with Crippen molar-refractivity contribution in [3.63, 3.8) is 0 Å². The fourth-order valence-corrected chi connectivity index (χ4v) is 10.7. The van der Waals surface area contributed by atoms with E-state index in [2.05, 4.69) is 37.4 Å². The highest BCUT2D eigenvalue weighted by Gasteiger charge is 2.74. The molecule has 6 aliphatic carbocycles. The minimum absolute atomic E-state index is 0.0621. The lowest BCUT2D eigenvalue weighted by Crippen LogP contribution is -2.67. The monoisotopic (exact) mass is 640 g/mol. The third-order valence-corrected chi connectivity index (χ3v) is 13.1. The van der Waals surface area contributed by atoms with Crippen LogP contribution < -0.4 is 5.32 Å². The third-order valence-electron chi connectivity index (χ3n) is 13.1. The lowest BCUT2D eigenvalue weighted by molar-refractivity contribution is -0.174. The smallest absolute Gasteiger partial charge is 0.317 e. The molecule has 252 valence electrons. The molecular formula is C37H50F2N2O5. The number of halogens is 2. The van der Waals surface area contributed by atoms with Gasteiger partial charge in [0.25, 0.3) is 0 Å². The molecule has 3 N–H and O–H groups in total. The number of carbonyl (C=O) groups excluding carboxylic acids is 2. The summed E-state index contributed by atoms with van der Waals surface area (Å²) in [4.78, 5) is 29.6. The van der Waals surface area contributed by atoms with Crippen LogP contribution in [-0.4, -0.2) is 71.5 Å². The quantitative estimate of drug-likeness (QED) is 0.170. The highest BCUT2D eigenvalue weighted by molar-refractivity contribution is 6.10. The summed E-state index contributed by atoms with van der Waals surface area (Å²) in [6.45, 7) is 9.34. The number of aliphatic hydroxyl groups is 2. The van der Waals surface area contributed by atoms with E-state index < -0.39 is 39.6 Å². The minimum atomic E-state index is -1.21. The van der Waals surface area contributed by atoms with E-state index in [1.165, 1.54) is 6.07 Å². The van der Waals surface area contributed by atoms with Crippen LogP contribution in [0.5, 0.6) is 0 Å². The molecule has 0 radical (unpaired) electrons. The molecule has 0 aromatic heterocycles. The van der Waals surface area contributed by atoms with Gasteiger partial charge in [-0.25, -0.2) is 13.6 Å². The predicted octanol–water partition coefficient (Wildman–Crippen LogP) is 6.20. The fraction of sp³-hybridized carbons (Fsp3) is 0.676. The van der Waals surface area contributed by atoms with Crippen LogP contribution in [-0.2, 0) is 4.74 Å². The molecule has 3 saturated carbocycles. The van der Waals surface area contributed by atoms with Crippen molar-refractivity contribution in [1.82, 2.24) is 10.2 Å². The summed E-state index contributed by atoms with van der Waals surface area (Å²) in [7, 11) is 1.63. The second kappa shape index (κ2) is 11.5. The van der Waals surface area contributed by atoms with Crippen LogP contribution in [0, 0.1) is 45.1 Å². The number of methoxy groups -OCH3 is 1. The average Bonchev–Trinajstić information content (AvgIpc) is 3.27. The van der Waals surface area contributed by atoms with Crippen molar-refractivity contribution < 1.29 is 33.3 Å². The van der Waals surface area contributed by atoms with Crippen LogP contribution in [0.15, 0.2) is 42.0 Å². The van der Waals surface area contributed by atoms with Gasteiger partial charge in [-0.05, 0) is 101 Å². The molecule has 2 spiro atoms. The Morgan fingerprint density at radius 2 is 1.74 bits per heavy atom. The molecule has 8 unspecified atom stereocenters. The lowest BCUT2D eigenvalue weighted by Gasteiger charge is -2.71. The first-order valence-corrected chi connectivity index (χ1v) is 17.0. The predicted molar refractivity (Wildman–Crippen MR) is 171 cm³/mol. The van der Waals surface area contributed by atoms with Gasteiger partial charge < -0.3 is 25.2 Å². The van der Waals surface area contributed by atoms with Gasteiger partial charge in [0.05, 0.1) is 18.2 Å². The Morgan fingerprint density at radius 3 is 2.43 bits per heavy atom. The Labute approximate surface area is 271 Å². The zero-order valence-corrected chi connectivity index (χ0v) is 27.9. The number of rotatable bonds is 9. The van der Waals surface area contributed by atoms with Gasteiger partial charge in [0.1, 0.15) is 0 Å². The third kappa shape index (κ3) is 4.73. The molecule has 0 saturated heterocycles. The number of amides is 2. The second-order valence-electron chi connectivity index (χ2n) is 15.6. The van der Waals surface area contributed by atoms with E-state index in [0.29, 0.717) is 50.8 Å². The number of nitrogens with zero attached hydrogens (tertiary/aromatic N) is 1. The van der Waals surface area contributed by atoms with Crippen molar-refractivity contribution in [1.29, 1.82) is 0 Å². The lowest BCUT2D eigenvalue weighted by atomic mass is 9.32. The Kier molecular flexibility index (Phi) is 8.33. The average molecular weight is 641 g/mol. The molecule has 0 heterocycles. The van der Waals surface area contributed by atoms with Crippen molar-refractivity contribution in [3.8, 4) is 0 Å². The summed E-state index contributed by atoms with van der Waals surface area (Å²) in [5, 5.41) is 26.6. The molecule has 8 atom stereocenters. The van der Waals surface area contributed by atoms with Gasteiger partial charge in [0.2, 0.25) is 0 Å². The maximum absolute atomic E-state index is 14.5. The Balaban J connectivity index is 1.44. The van der Waals surface area contributed by atoms with Crippen LogP contribution in [0.1, 0.15) is 89.4 Å². The molecular weight excluding hydrogens is 590 g/mol. The number of Topliss-reactive ketones (excluding diaryl/α,β-unsaturated/α-hetero) is 1. The fourth-order valence-electron chi connectivity index (χ4n) is 10.7. The number of aliphatic hydroxyl groups excluding tert-OH is 1. The normalized spacial score (nSPS) is 39.0. The van der Waals surface area contributed by atoms with Crippen LogP contribution in [0.25, 0.3) is 0 Å². The number of ether oxygens (including phenoxy) is 1. The molecule has 1 aromatic rings. The van der Waals surface area contributed by atoms with E-state index >= 15 is 0 Å². The Morgan fingerprint density at radius 1 is 1.04 bits per heavy atom. The zero-order chi connectivity index (χ0) is 33.3. The van der Waals surface area contributed by atoms with Crippen LogP contribution in [0.2, 0.25) is 0 Å². The van der Waals surface area contributed by atoms with E-state index in [1.54, 1.807) is 12.0 Å². The first-order valence-electron chi connectivity index (χ1n) is 17.0. The van der Waals surface area contributed by atoms with Crippen molar-refractivity contribution in [2.24, 2.45) is 33.5 Å². The number of fused-ring (bicyclic) bond motifs is 1. The maximum Gasteiger partial charge on any atom is 0.317 e. The summed E-state index contributed by atoms with van der Waals surface area (Å²) >= 11 is 0. The highest BCUT2D eigenvalue weighted by atomic mass is 19.2. The minimum Gasteiger partial charge on any atom is -0.393 e. The van der Waals surface area contributed by atoms with E-state index in [-0.39, 0.29) is 47.2 Å². The first kappa shape index (κ1) is 33.3. The number of urea groups is 1. The van der Waals surface area contributed by atoms with Gasteiger partial charge in [0.15, 0.2) is 17.4 Å². The van der Waals surface area contributed by atoms with Gasteiger partial charge in [-0.2, -0.15) is 0 Å². The molecule has 7 nitrogen and oxygen atoms in total. The Hall–Kier alpha value is -2.62.